The largest absolute Gasteiger partial charge is 0.207 e. The SMILES string of the molecule is Cc1ccc(F)c(C(Cl)c2ccccc2)c1. The van der Waals surface area contributed by atoms with Crippen LogP contribution in [0.1, 0.15) is 22.1 Å². The zero-order valence-electron chi connectivity index (χ0n) is 8.95. The number of hydrogen-bond acceptors (Lipinski definition) is 0. The summed E-state index contributed by atoms with van der Waals surface area (Å²) >= 11 is 6.27. The van der Waals surface area contributed by atoms with Crippen molar-refractivity contribution in [3.63, 3.8) is 0 Å². The van der Waals surface area contributed by atoms with E-state index in [1.165, 1.54) is 6.07 Å². The highest BCUT2D eigenvalue weighted by Gasteiger charge is 2.14. The topological polar surface area (TPSA) is 0 Å². The van der Waals surface area contributed by atoms with Crippen LogP contribution in [0.5, 0.6) is 0 Å². The monoisotopic (exact) mass is 234 g/mol. The Morgan fingerprint density at radius 3 is 2.44 bits per heavy atom. The third kappa shape index (κ3) is 2.25. The van der Waals surface area contributed by atoms with Crippen LogP contribution in [0.2, 0.25) is 0 Å². The molecular formula is C14H12ClF. The molecule has 0 aliphatic heterocycles. The van der Waals surface area contributed by atoms with Crippen molar-refractivity contribution in [1.82, 2.24) is 0 Å². The lowest BCUT2D eigenvalue weighted by atomic mass is 10.0. The van der Waals surface area contributed by atoms with Crippen LogP contribution in [0.15, 0.2) is 48.5 Å². The van der Waals surface area contributed by atoms with Crippen molar-refractivity contribution in [2.24, 2.45) is 0 Å². The Balaban J connectivity index is 2.41. The van der Waals surface area contributed by atoms with E-state index in [1.807, 2.05) is 37.3 Å². The molecule has 1 unspecified atom stereocenters. The molecule has 0 heterocycles. The first-order valence-corrected chi connectivity index (χ1v) is 5.57. The molecule has 0 radical (unpaired) electrons. The highest BCUT2D eigenvalue weighted by molar-refractivity contribution is 6.22. The van der Waals surface area contributed by atoms with Gasteiger partial charge in [-0.1, -0.05) is 48.0 Å². The predicted molar refractivity (Wildman–Crippen MR) is 65.3 cm³/mol. The Morgan fingerprint density at radius 2 is 1.75 bits per heavy atom. The van der Waals surface area contributed by atoms with Gasteiger partial charge in [-0.2, -0.15) is 0 Å². The number of rotatable bonds is 2. The first-order valence-electron chi connectivity index (χ1n) is 5.13. The maximum atomic E-state index is 13.6. The van der Waals surface area contributed by atoms with Gasteiger partial charge in [-0.25, -0.2) is 4.39 Å². The summed E-state index contributed by atoms with van der Waals surface area (Å²) in [6.45, 7) is 1.93. The van der Waals surface area contributed by atoms with E-state index in [4.69, 9.17) is 11.6 Å². The minimum atomic E-state index is -0.430. The Kier molecular flexibility index (Phi) is 3.25. The van der Waals surface area contributed by atoms with E-state index < -0.39 is 5.38 Å². The van der Waals surface area contributed by atoms with Gasteiger partial charge < -0.3 is 0 Å². The highest BCUT2D eigenvalue weighted by Crippen LogP contribution is 2.30. The van der Waals surface area contributed by atoms with Crippen LogP contribution >= 0.6 is 11.6 Å². The molecule has 0 aliphatic rings. The molecule has 2 heteroatoms. The van der Waals surface area contributed by atoms with Crippen molar-refractivity contribution in [3.8, 4) is 0 Å². The summed E-state index contributed by atoms with van der Waals surface area (Å²) in [5.74, 6) is -0.255. The van der Waals surface area contributed by atoms with Gasteiger partial charge in [-0.15, -0.1) is 11.6 Å². The van der Waals surface area contributed by atoms with Gasteiger partial charge in [0.25, 0.3) is 0 Å². The molecule has 0 bridgehead atoms. The smallest absolute Gasteiger partial charge is 0.128 e. The van der Waals surface area contributed by atoms with E-state index in [-0.39, 0.29) is 5.82 Å². The molecule has 1 atom stereocenters. The molecule has 0 spiro atoms. The van der Waals surface area contributed by atoms with Gasteiger partial charge in [-0.05, 0) is 18.6 Å². The second-order valence-corrected chi connectivity index (χ2v) is 4.23. The van der Waals surface area contributed by atoms with Crippen molar-refractivity contribution in [2.75, 3.05) is 0 Å². The average molecular weight is 235 g/mol. The third-order valence-electron chi connectivity index (χ3n) is 2.52. The molecule has 2 rings (SSSR count). The van der Waals surface area contributed by atoms with Crippen molar-refractivity contribution in [3.05, 3.63) is 71.0 Å². The predicted octanol–water partition coefficient (Wildman–Crippen LogP) is 4.46. The van der Waals surface area contributed by atoms with Crippen LogP contribution in [-0.4, -0.2) is 0 Å². The molecular weight excluding hydrogens is 223 g/mol. The van der Waals surface area contributed by atoms with E-state index in [1.54, 1.807) is 12.1 Å². The summed E-state index contributed by atoms with van der Waals surface area (Å²) in [7, 11) is 0. The fourth-order valence-electron chi connectivity index (χ4n) is 1.66. The molecule has 2 aromatic rings. The summed E-state index contributed by atoms with van der Waals surface area (Å²) in [6, 6.07) is 14.5. The van der Waals surface area contributed by atoms with Gasteiger partial charge in [0.15, 0.2) is 0 Å². The maximum Gasteiger partial charge on any atom is 0.128 e. The molecule has 0 amide bonds. The van der Waals surface area contributed by atoms with Gasteiger partial charge in [0, 0.05) is 5.56 Å². The zero-order chi connectivity index (χ0) is 11.5. The minimum absolute atomic E-state index is 0.255. The van der Waals surface area contributed by atoms with Crippen molar-refractivity contribution in [2.45, 2.75) is 12.3 Å². The number of aryl methyl sites for hydroxylation is 1. The van der Waals surface area contributed by atoms with E-state index in [2.05, 4.69) is 0 Å². The molecule has 0 nitrogen and oxygen atoms in total. The van der Waals surface area contributed by atoms with Crippen LogP contribution < -0.4 is 0 Å². The van der Waals surface area contributed by atoms with Gasteiger partial charge >= 0.3 is 0 Å². The number of alkyl halides is 1. The molecule has 0 aromatic heterocycles. The number of benzene rings is 2. The minimum Gasteiger partial charge on any atom is -0.207 e. The lowest BCUT2D eigenvalue weighted by molar-refractivity contribution is 0.612. The Hall–Kier alpha value is -1.34. The van der Waals surface area contributed by atoms with Crippen LogP contribution in [0.3, 0.4) is 0 Å². The van der Waals surface area contributed by atoms with Crippen LogP contribution in [0.25, 0.3) is 0 Å². The Morgan fingerprint density at radius 1 is 1.06 bits per heavy atom. The molecule has 82 valence electrons. The Labute approximate surface area is 99.7 Å². The molecule has 0 saturated heterocycles. The number of hydrogen-bond donors (Lipinski definition) is 0. The van der Waals surface area contributed by atoms with E-state index in [0.29, 0.717) is 5.56 Å². The maximum absolute atomic E-state index is 13.6. The number of halogens is 2. The summed E-state index contributed by atoms with van der Waals surface area (Å²) in [5, 5.41) is -0.430. The standard InChI is InChI=1S/C14H12ClF/c1-10-7-8-13(16)12(9-10)14(15)11-5-3-2-4-6-11/h2-9,14H,1H3. The quantitative estimate of drug-likeness (QED) is 0.673. The first kappa shape index (κ1) is 11.2. The first-order chi connectivity index (χ1) is 7.68. The van der Waals surface area contributed by atoms with Crippen LogP contribution in [-0.2, 0) is 0 Å². The molecule has 16 heavy (non-hydrogen) atoms. The highest BCUT2D eigenvalue weighted by atomic mass is 35.5. The molecule has 0 saturated carbocycles. The van der Waals surface area contributed by atoms with Gasteiger partial charge in [0.05, 0.1) is 5.38 Å². The Bertz CT molecular complexity index is 479. The lowest BCUT2D eigenvalue weighted by Gasteiger charge is -2.11. The normalized spacial score (nSPS) is 12.4. The van der Waals surface area contributed by atoms with Crippen molar-refractivity contribution < 1.29 is 4.39 Å². The van der Waals surface area contributed by atoms with E-state index >= 15 is 0 Å². The second kappa shape index (κ2) is 4.67. The summed E-state index contributed by atoms with van der Waals surface area (Å²) in [4.78, 5) is 0. The van der Waals surface area contributed by atoms with Crippen LogP contribution in [0, 0.1) is 12.7 Å². The van der Waals surface area contributed by atoms with Crippen molar-refractivity contribution >= 4 is 11.6 Å². The summed E-state index contributed by atoms with van der Waals surface area (Å²) in [6.07, 6.45) is 0. The summed E-state index contributed by atoms with van der Waals surface area (Å²) in [5.41, 5.74) is 2.46. The van der Waals surface area contributed by atoms with E-state index in [0.717, 1.165) is 11.1 Å². The molecule has 0 fully saturated rings. The zero-order valence-corrected chi connectivity index (χ0v) is 9.71. The average Bonchev–Trinajstić information content (AvgIpc) is 2.32. The third-order valence-corrected chi connectivity index (χ3v) is 3.00. The van der Waals surface area contributed by atoms with Crippen LogP contribution in [0.4, 0.5) is 4.39 Å². The van der Waals surface area contributed by atoms with Gasteiger partial charge in [-0.3, -0.25) is 0 Å². The lowest BCUT2D eigenvalue weighted by Crippen LogP contribution is -1.97. The van der Waals surface area contributed by atoms with Crippen molar-refractivity contribution in [1.29, 1.82) is 0 Å². The fraction of sp³-hybridized carbons (Fsp3) is 0.143. The second-order valence-electron chi connectivity index (χ2n) is 3.80. The van der Waals surface area contributed by atoms with E-state index in [9.17, 15) is 4.39 Å². The molecule has 0 aliphatic carbocycles. The fourth-order valence-corrected chi connectivity index (χ4v) is 1.97. The molecule has 0 N–H and O–H groups in total. The molecule has 2 aromatic carbocycles. The van der Waals surface area contributed by atoms with Gasteiger partial charge in [0.1, 0.15) is 5.82 Å². The summed E-state index contributed by atoms with van der Waals surface area (Å²) < 4.78 is 13.6. The van der Waals surface area contributed by atoms with Gasteiger partial charge in [0.2, 0.25) is 0 Å².